The fourth-order valence-corrected chi connectivity index (χ4v) is 8.83. The van der Waals surface area contributed by atoms with Gasteiger partial charge in [0, 0.05) is 50.5 Å². The van der Waals surface area contributed by atoms with Crippen molar-refractivity contribution >= 4 is 52.3 Å². The van der Waals surface area contributed by atoms with Crippen LogP contribution in [0.4, 0.5) is 0 Å². The number of rotatable bonds is 14. The van der Waals surface area contributed by atoms with E-state index in [1.54, 1.807) is 89.4 Å². The lowest BCUT2D eigenvalue weighted by atomic mass is 9.95. The van der Waals surface area contributed by atoms with Crippen molar-refractivity contribution in [2.24, 2.45) is 23.7 Å². The van der Waals surface area contributed by atoms with Gasteiger partial charge < -0.3 is 55.9 Å². The van der Waals surface area contributed by atoms with Gasteiger partial charge in [0.25, 0.3) is 0 Å². The average Bonchev–Trinajstić information content (AvgIpc) is 3.74. The molecule has 7 amide bonds. The van der Waals surface area contributed by atoms with Crippen molar-refractivity contribution < 1.29 is 48.5 Å². The lowest BCUT2D eigenvalue weighted by molar-refractivity contribution is -0.146. The molecule has 18 nitrogen and oxygen atoms in total. The highest BCUT2D eigenvalue weighted by molar-refractivity contribution is 5.99. The second kappa shape index (κ2) is 24.8. The number of methoxy groups -OCH3 is 1. The van der Waals surface area contributed by atoms with Gasteiger partial charge in [0.15, 0.2) is 0 Å². The van der Waals surface area contributed by atoms with E-state index >= 15 is 4.79 Å². The molecule has 4 rings (SSSR count). The summed E-state index contributed by atoms with van der Waals surface area (Å²) in [5, 5.41) is 37.2. The number of benzene rings is 2. The van der Waals surface area contributed by atoms with E-state index in [0.717, 1.165) is 4.90 Å². The fourth-order valence-electron chi connectivity index (χ4n) is 8.83. The molecule has 0 bridgehead atoms. The standard InChI is InChI=1S/C53H78N8O10/c1-15-53(10,11)61-27-36(35-23-19-20-24-37(35)61)44(63)42-52(70)60(13)39(26-32(8)28-62)47(65)54-33(9)46(64)58-43(45(71-14)34-21-17-16-18-22-34)50(68)56-41(31(6)7)51(69)59(12)38(25-29(2)3)48(66)55-40(30(4)5)49(67)57-42/h15-24,27,29-33,38-45,62-63H,1,25-26,28H2,2-14H3,(H,54,65)(H,55,66)(H,56,68)(H,57,67)(H,58,64)/t32?,33-,38-,39-,40-,41-,42?,43-,44?,45?/m0/s1. The number of aromatic nitrogens is 1. The molecule has 0 radical (unpaired) electrons. The molecule has 4 unspecified atom stereocenters. The molecule has 2 aromatic carbocycles. The number of allylic oxidation sites excluding steroid dienone is 1. The number of nitrogens with one attached hydrogen (secondary N) is 5. The maximum atomic E-state index is 15.2. The molecule has 71 heavy (non-hydrogen) atoms. The summed E-state index contributed by atoms with van der Waals surface area (Å²) in [5.41, 5.74) is 0.807. The molecular formula is C53H78N8O10. The smallest absolute Gasteiger partial charge is 0.248 e. The summed E-state index contributed by atoms with van der Waals surface area (Å²) in [6, 6.07) is 6.20. The summed E-state index contributed by atoms with van der Waals surface area (Å²) in [5.74, 6) is -7.31. The van der Waals surface area contributed by atoms with Gasteiger partial charge in [-0.25, -0.2) is 0 Å². The minimum absolute atomic E-state index is 0.118. The van der Waals surface area contributed by atoms with Crippen LogP contribution in [0.1, 0.15) is 105 Å². The van der Waals surface area contributed by atoms with Gasteiger partial charge in [0.1, 0.15) is 54.5 Å². The van der Waals surface area contributed by atoms with Crippen molar-refractivity contribution in [1.82, 2.24) is 41.0 Å². The van der Waals surface area contributed by atoms with Crippen molar-refractivity contribution in [1.29, 1.82) is 0 Å². The monoisotopic (exact) mass is 987 g/mol. The van der Waals surface area contributed by atoms with Crippen LogP contribution in [0.5, 0.6) is 0 Å². The van der Waals surface area contributed by atoms with E-state index in [1.807, 2.05) is 44.4 Å². The molecule has 1 fully saturated rings. The highest BCUT2D eigenvalue weighted by atomic mass is 16.5. The molecule has 1 aliphatic heterocycles. The van der Waals surface area contributed by atoms with Crippen molar-refractivity contribution in [3.63, 3.8) is 0 Å². The number of para-hydroxylation sites is 1. The van der Waals surface area contributed by atoms with E-state index in [4.69, 9.17) is 4.74 Å². The van der Waals surface area contributed by atoms with Gasteiger partial charge >= 0.3 is 0 Å². The number of nitrogens with zero attached hydrogens (tertiary/aromatic N) is 3. The molecule has 7 N–H and O–H groups in total. The third-order valence-electron chi connectivity index (χ3n) is 13.4. The van der Waals surface area contributed by atoms with E-state index in [9.17, 15) is 39.0 Å². The summed E-state index contributed by atoms with van der Waals surface area (Å²) in [6.07, 6.45) is 0.607. The third kappa shape index (κ3) is 13.7. The first-order valence-electron chi connectivity index (χ1n) is 24.5. The Kier molecular flexibility index (Phi) is 20.1. The first-order valence-corrected chi connectivity index (χ1v) is 24.5. The molecule has 10 atom stereocenters. The molecule has 1 aromatic heterocycles. The predicted octanol–water partition coefficient (Wildman–Crippen LogP) is 3.47. The predicted molar refractivity (Wildman–Crippen MR) is 271 cm³/mol. The molecule has 18 heteroatoms. The Balaban J connectivity index is 1.97. The maximum absolute atomic E-state index is 15.2. The number of hydrogen-bond acceptors (Lipinski definition) is 10. The second-order valence-corrected chi connectivity index (χ2v) is 20.6. The molecule has 3 aromatic rings. The van der Waals surface area contributed by atoms with Crippen molar-refractivity contribution in [3.8, 4) is 0 Å². The van der Waals surface area contributed by atoms with Crippen LogP contribution in [0.3, 0.4) is 0 Å². The van der Waals surface area contributed by atoms with Gasteiger partial charge in [-0.1, -0.05) is 103 Å². The third-order valence-corrected chi connectivity index (χ3v) is 13.4. The molecule has 1 aliphatic rings. The van der Waals surface area contributed by atoms with Crippen molar-refractivity contribution in [3.05, 3.63) is 84.6 Å². The topological polar surface area (TPSA) is 241 Å². The number of fused-ring (bicyclic) bond motifs is 1. The zero-order chi connectivity index (χ0) is 53.2. The minimum atomic E-state index is -1.78. The number of likely N-dealkylation sites (N-methyl/N-ethyl adjacent to an activating group) is 2. The molecular weight excluding hydrogens is 909 g/mol. The molecule has 1 saturated heterocycles. The first-order chi connectivity index (χ1) is 33.3. The quantitative estimate of drug-likeness (QED) is 0.116. The van der Waals surface area contributed by atoms with Crippen LogP contribution in [-0.2, 0) is 43.8 Å². The van der Waals surface area contributed by atoms with E-state index in [1.165, 1.54) is 33.0 Å². The second-order valence-electron chi connectivity index (χ2n) is 20.6. The number of aliphatic hydroxyl groups is 2. The van der Waals surface area contributed by atoms with E-state index < -0.39 is 119 Å². The molecule has 2 heterocycles. The van der Waals surface area contributed by atoms with Gasteiger partial charge in [-0.15, -0.1) is 6.58 Å². The molecule has 0 saturated carbocycles. The molecule has 0 spiro atoms. The number of ether oxygens (including phenoxy) is 1. The first kappa shape index (κ1) is 57.5. The van der Waals surface area contributed by atoms with Crippen LogP contribution >= 0.6 is 0 Å². The summed E-state index contributed by atoms with van der Waals surface area (Å²) >= 11 is 0. The van der Waals surface area contributed by atoms with E-state index in [-0.39, 0.29) is 30.9 Å². The zero-order valence-corrected chi connectivity index (χ0v) is 43.7. The fraction of sp³-hybridized carbons (Fsp3) is 0.566. The number of amides is 7. The van der Waals surface area contributed by atoms with Crippen LogP contribution < -0.4 is 26.6 Å². The van der Waals surface area contributed by atoms with E-state index in [2.05, 4.69) is 33.2 Å². The number of aliphatic hydroxyl groups excluding tert-OH is 2. The zero-order valence-electron chi connectivity index (χ0n) is 43.7. The van der Waals surface area contributed by atoms with Crippen molar-refractivity contribution in [2.45, 2.75) is 142 Å². The van der Waals surface area contributed by atoms with Crippen LogP contribution in [0.25, 0.3) is 10.9 Å². The van der Waals surface area contributed by atoms with Crippen LogP contribution in [0.2, 0.25) is 0 Å². The molecule has 0 aliphatic carbocycles. The Morgan fingerprint density at radius 2 is 1.17 bits per heavy atom. The highest BCUT2D eigenvalue weighted by Crippen LogP contribution is 2.34. The lowest BCUT2D eigenvalue weighted by Crippen LogP contribution is -2.62. The van der Waals surface area contributed by atoms with Gasteiger partial charge in [-0.2, -0.15) is 0 Å². The maximum Gasteiger partial charge on any atom is 0.248 e. The van der Waals surface area contributed by atoms with E-state index in [0.29, 0.717) is 16.5 Å². The highest BCUT2D eigenvalue weighted by Gasteiger charge is 2.43. The average molecular weight is 987 g/mol. The Hall–Kier alpha value is -6.11. The Morgan fingerprint density at radius 3 is 1.72 bits per heavy atom. The summed E-state index contributed by atoms with van der Waals surface area (Å²) in [4.78, 5) is 105. The number of carbonyl (C=O) groups excluding carboxylic acids is 7. The normalized spacial score (nSPS) is 24.5. The van der Waals surface area contributed by atoms with Gasteiger partial charge in [0.2, 0.25) is 41.4 Å². The SMILES string of the molecule is C=CC(C)(C)n1cc(C(O)C2NC(=O)[C@H](C(C)C)NC(=O)[C@H](CC(C)C)N(C)C(=O)[C@H](C(C)C)NC(=O)[C@H](C(OC)c3ccccc3)NC(=O)[C@H](C)NC(=O)[C@H](CC(C)CO)N(C)C2=O)c2ccccc21. The summed E-state index contributed by atoms with van der Waals surface area (Å²) in [7, 11) is 4.14. The van der Waals surface area contributed by atoms with Crippen LogP contribution in [0, 0.1) is 23.7 Å². The number of carbonyl (C=O) groups is 7. The Labute approximate surface area is 418 Å². The lowest BCUT2D eigenvalue weighted by Gasteiger charge is -2.36. The Bertz CT molecular complexity index is 2370. The summed E-state index contributed by atoms with van der Waals surface area (Å²) in [6.45, 7) is 21.1. The van der Waals surface area contributed by atoms with Gasteiger partial charge in [-0.3, -0.25) is 33.6 Å². The van der Waals surface area contributed by atoms with Gasteiger partial charge in [-0.05, 0) is 68.9 Å². The molecule has 390 valence electrons. The Morgan fingerprint density at radius 1 is 0.676 bits per heavy atom. The van der Waals surface area contributed by atoms with Crippen LogP contribution in [0.15, 0.2) is 73.4 Å². The largest absolute Gasteiger partial charge is 0.396 e. The van der Waals surface area contributed by atoms with Gasteiger partial charge in [0.05, 0.1) is 5.54 Å². The van der Waals surface area contributed by atoms with Crippen molar-refractivity contribution in [2.75, 3.05) is 27.8 Å². The summed E-state index contributed by atoms with van der Waals surface area (Å²) < 4.78 is 7.74. The van der Waals surface area contributed by atoms with Crippen LogP contribution in [-0.4, -0.2) is 136 Å². The minimum Gasteiger partial charge on any atom is -0.396 e. The number of hydrogen-bond donors (Lipinski definition) is 7.